The average molecular weight is 339 g/mol. The van der Waals surface area contributed by atoms with E-state index in [9.17, 15) is 4.79 Å². The lowest BCUT2D eigenvalue weighted by molar-refractivity contribution is -0.121. The molecule has 0 aliphatic carbocycles. The molecule has 128 valence electrons. The van der Waals surface area contributed by atoms with E-state index in [2.05, 4.69) is 34.4 Å². The van der Waals surface area contributed by atoms with Gasteiger partial charge in [0.05, 0.1) is 17.9 Å². The van der Waals surface area contributed by atoms with Crippen LogP contribution in [0.25, 0.3) is 0 Å². The number of hydrogen-bond acceptors (Lipinski definition) is 4. The van der Waals surface area contributed by atoms with Gasteiger partial charge in [0.15, 0.2) is 0 Å². The van der Waals surface area contributed by atoms with E-state index in [0.29, 0.717) is 0 Å². The first-order chi connectivity index (χ1) is 10.6. The lowest BCUT2D eigenvalue weighted by Crippen LogP contribution is -2.53. The molecule has 2 N–H and O–H groups in total. The van der Waals surface area contributed by atoms with Crippen LogP contribution in [0.3, 0.4) is 0 Å². The maximum Gasteiger partial charge on any atom is 0.242 e. The molecule has 5 nitrogen and oxygen atoms in total. The van der Waals surface area contributed by atoms with Crippen LogP contribution in [0.15, 0.2) is 18.3 Å². The van der Waals surface area contributed by atoms with E-state index in [-0.39, 0.29) is 29.8 Å². The highest BCUT2D eigenvalue weighted by atomic mass is 35.5. The van der Waals surface area contributed by atoms with Crippen LogP contribution in [0.4, 0.5) is 11.5 Å². The van der Waals surface area contributed by atoms with Gasteiger partial charge in [-0.25, -0.2) is 4.98 Å². The van der Waals surface area contributed by atoms with Gasteiger partial charge in [0.2, 0.25) is 5.91 Å². The average Bonchev–Trinajstić information content (AvgIpc) is 3.01. The van der Waals surface area contributed by atoms with E-state index in [1.165, 1.54) is 12.8 Å². The smallest absolute Gasteiger partial charge is 0.242 e. The van der Waals surface area contributed by atoms with Crippen molar-refractivity contribution in [2.75, 3.05) is 29.9 Å². The van der Waals surface area contributed by atoms with Gasteiger partial charge in [-0.3, -0.25) is 4.79 Å². The molecule has 0 saturated carbocycles. The molecule has 2 saturated heterocycles. The van der Waals surface area contributed by atoms with Gasteiger partial charge in [-0.15, -0.1) is 12.4 Å². The van der Waals surface area contributed by atoms with Crippen molar-refractivity contribution in [3.05, 3.63) is 18.3 Å². The highest BCUT2D eigenvalue weighted by Gasteiger charge is 2.37. The van der Waals surface area contributed by atoms with Gasteiger partial charge < -0.3 is 15.5 Å². The summed E-state index contributed by atoms with van der Waals surface area (Å²) >= 11 is 0. The van der Waals surface area contributed by atoms with Gasteiger partial charge in [0.1, 0.15) is 5.82 Å². The number of pyridine rings is 1. The summed E-state index contributed by atoms with van der Waals surface area (Å²) in [6, 6.07) is 3.81. The number of carbonyl (C=O) groups excluding carboxylic acids is 1. The number of carbonyl (C=O) groups is 1. The summed E-state index contributed by atoms with van der Waals surface area (Å²) in [5.41, 5.74) is 0.766. The van der Waals surface area contributed by atoms with Crippen LogP contribution in [0.2, 0.25) is 0 Å². The van der Waals surface area contributed by atoms with E-state index in [0.717, 1.165) is 44.0 Å². The van der Waals surface area contributed by atoms with E-state index < -0.39 is 0 Å². The van der Waals surface area contributed by atoms with Crippen molar-refractivity contribution in [3.8, 4) is 0 Å². The molecular weight excluding hydrogens is 312 g/mol. The first-order valence-electron chi connectivity index (χ1n) is 8.31. The molecule has 3 heterocycles. The van der Waals surface area contributed by atoms with Gasteiger partial charge in [-0.2, -0.15) is 0 Å². The second-order valence-electron chi connectivity index (χ2n) is 7.07. The summed E-state index contributed by atoms with van der Waals surface area (Å²) in [5.74, 6) is 1.05. The molecule has 1 unspecified atom stereocenters. The minimum absolute atomic E-state index is 0. The van der Waals surface area contributed by atoms with Crippen LogP contribution >= 0.6 is 12.4 Å². The van der Waals surface area contributed by atoms with Crippen LogP contribution in [-0.4, -0.2) is 36.6 Å². The predicted molar refractivity (Wildman–Crippen MR) is 96.4 cm³/mol. The Morgan fingerprint density at radius 3 is 2.65 bits per heavy atom. The number of aromatic nitrogens is 1. The van der Waals surface area contributed by atoms with Crippen molar-refractivity contribution in [2.45, 2.75) is 45.6 Å². The van der Waals surface area contributed by atoms with Crippen LogP contribution in [0, 0.1) is 5.41 Å². The summed E-state index contributed by atoms with van der Waals surface area (Å²) < 4.78 is 0. The fourth-order valence-electron chi connectivity index (χ4n) is 3.47. The van der Waals surface area contributed by atoms with Crippen LogP contribution in [-0.2, 0) is 4.79 Å². The Kier molecular flexibility index (Phi) is 5.87. The fraction of sp³-hybridized carbons (Fsp3) is 0.647. The molecule has 2 fully saturated rings. The zero-order valence-corrected chi connectivity index (χ0v) is 14.8. The van der Waals surface area contributed by atoms with E-state index >= 15 is 0 Å². The zero-order valence-electron chi connectivity index (χ0n) is 14.0. The predicted octanol–water partition coefficient (Wildman–Crippen LogP) is 2.82. The van der Waals surface area contributed by atoms with Gasteiger partial charge in [-0.05, 0) is 49.8 Å². The maximum atomic E-state index is 12.5. The quantitative estimate of drug-likeness (QED) is 0.889. The van der Waals surface area contributed by atoms with Crippen LogP contribution in [0.5, 0.6) is 0 Å². The SMILES string of the molecule is CC1(C)CCCNC1C(=O)Nc1ccc(N2CCCC2)nc1.Cl. The van der Waals surface area contributed by atoms with Crippen molar-refractivity contribution in [3.63, 3.8) is 0 Å². The summed E-state index contributed by atoms with van der Waals surface area (Å²) in [4.78, 5) is 19.3. The molecular formula is C17H27ClN4O. The molecule has 1 atom stereocenters. The summed E-state index contributed by atoms with van der Waals surface area (Å²) in [5, 5.41) is 6.35. The van der Waals surface area contributed by atoms with Gasteiger partial charge in [0.25, 0.3) is 0 Å². The number of piperidine rings is 1. The molecule has 6 heteroatoms. The molecule has 1 amide bonds. The van der Waals surface area contributed by atoms with Crippen molar-refractivity contribution in [1.29, 1.82) is 0 Å². The lowest BCUT2D eigenvalue weighted by atomic mass is 9.77. The molecule has 0 spiro atoms. The fourth-order valence-corrected chi connectivity index (χ4v) is 3.47. The van der Waals surface area contributed by atoms with Crippen LogP contribution < -0.4 is 15.5 Å². The highest BCUT2D eigenvalue weighted by molar-refractivity contribution is 5.95. The molecule has 1 aromatic heterocycles. The Bertz CT molecular complexity index is 526. The number of anilines is 2. The second kappa shape index (κ2) is 7.49. The topological polar surface area (TPSA) is 57.3 Å². The molecule has 3 rings (SSSR count). The van der Waals surface area contributed by atoms with Crippen LogP contribution in [0.1, 0.15) is 39.5 Å². The molecule has 23 heavy (non-hydrogen) atoms. The lowest BCUT2D eigenvalue weighted by Gasteiger charge is -2.38. The van der Waals surface area contributed by atoms with Crippen molar-refractivity contribution in [1.82, 2.24) is 10.3 Å². The Morgan fingerprint density at radius 1 is 1.30 bits per heavy atom. The highest BCUT2D eigenvalue weighted by Crippen LogP contribution is 2.30. The monoisotopic (exact) mass is 338 g/mol. The van der Waals surface area contributed by atoms with Crippen molar-refractivity contribution in [2.24, 2.45) is 5.41 Å². The Balaban J connectivity index is 0.00000192. The molecule has 2 aliphatic rings. The van der Waals surface area contributed by atoms with E-state index in [1.54, 1.807) is 6.20 Å². The Labute approximate surface area is 144 Å². The maximum absolute atomic E-state index is 12.5. The molecule has 0 bridgehead atoms. The zero-order chi connectivity index (χ0) is 15.6. The third-order valence-electron chi connectivity index (χ3n) is 4.84. The largest absolute Gasteiger partial charge is 0.357 e. The number of amides is 1. The molecule has 1 aromatic rings. The van der Waals surface area contributed by atoms with E-state index in [1.807, 2.05) is 12.1 Å². The number of rotatable bonds is 3. The number of halogens is 1. The van der Waals surface area contributed by atoms with Crippen molar-refractivity contribution >= 4 is 29.8 Å². The Morgan fingerprint density at radius 2 is 2.04 bits per heavy atom. The van der Waals surface area contributed by atoms with Gasteiger partial charge >= 0.3 is 0 Å². The minimum Gasteiger partial charge on any atom is -0.357 e. The summed E-state index contributed by atoms with van der Waals surface area (Å²) in [7, 11) is 0. The molecule has 0 radical (unpaired) electrons. The number of hydrogen-bond donors (Lipinski definition) is 2. The van der Waals surface area contributed by atoms with Gasteiger partial charge in [0, 0.05) is 13.1 Å². The first-order valence-corrected chi connectivity index (χ1v) is 8.31. The number of nitrogens with one attached hydrogen (secondary N) is 2. The Hall–Kier alpha value is -1.33. The number of nitrogens with zero attached hydrogens (tertiary/aromatic N) is 2. The standard InChI is InChI=1S/C17H26N4O.ClH/c1-17(2)8-5-9-18-15(17)16(22)20-13-6-7-14(19-12-13)21-10-3-4-11-21;/h6-7,12,15,18H,3-5,8-11H2,1-2H3,(H,20,22);1H. The third-order valence-corrected chi connectivity index (χ3v) is 4.84. The minimum atomic E-state index is -0.139. The van der Waals surface area contributed by atoms with E-state index in [4.69, 9.17) is 0 Å². The molecule has 0 aromatic carbocycles. The van der Waals surface area contributed by atoms with Crippen molar-refractivity contribution < 1.29 is 4.79 Å². The first kappa shape index (κ1) is 18.0. The molecule has 2 aliphatic heterocycles. The van der Waals surface area contributed by atoms with Gasteiger partial charge in [-0.1, -0.05) is 13.8 Å². The second-order valence-corrected chi connectivity index (χ2v) is 7.07. The summed E-state index contributed by atoms with van der Waals surface area (Å²) in [6.45, 7) is 7.38. The third kappa shape index (κ3) is 4.15. The summed E-state index contributed by atoms with van der Waals surface area (Å²) in [6.07, 6.45) is 6.44. The normalized spacial score (nSPS) is 23.2.